The van der Waals surface area contributed by atoms with Crippen molar-refractivity contribution in [2.45, 2.75) is 102 Å². The number of fused-ring (bicyclic) bond motifs is 7. The number of imidazole rings is 1. The molecule has 0 N–H and O–H groups in total. The Balaban J connectivity index is 0.956. The maximum atomic E-state index is 6.86. The first-order valence-electron chi connectivity index (χ1n) is 25.9. The first-order chi connectivity index (χ1) is 34.8. The summed E-state index contributed by atoms with van der Waals surface area (Å²) in [7, 11) is 0. The molecule has 2 fully saturated rings. The van der Waals surface area contributed by atoms with Gasteiger partial charge in [-0.3, -0.25) is 0 Å². The summed E-state index contributed by atoms with van der Waals surface area (Å²) in [6.45, 7) is 6.78. The fourth-order valence-corrected chi connectivity index (χ4v) is 13.8. The van der Waals surface area contributed by atoms with E-state index in [4.69, 9.17) is 9.72 Å². The molecule has 0 bridgehead atoms. The number of hydrogen-bond acceptors (Lipinski definition) is 2. The van der Waals surface area contributed by atoms with E-state index in [9.17, 15) is 0 Å². The van der Waals surface area contributed by atoms with Crippen LogP contribution in [-0.2, 0) is 31.2 Å². The van der Waals surface area contributed by atoms with Crippen molar-refractivity contribution in [1.29, 1.82) is 0 Å². The van der Waals surface area contributed by atoms with Gasteiger partial charge in [0.2, 0.25) is 0 Å². The van der Waals surface area contributed by atoms with E-state index in [1.54, 1.807) is 5.56 Å². The van der Waals surface area contributed by atoms with Crippen LogP contribution in [-0.4, -0.2) is 18.7 Å². The third-order valence-corrected chi connectivity index (χ3v) is 17.2. The molecule has 3 aliphatic rings. The molecule has 3 aliphatic carbocycles. The van der Waals surface area contributed by atoms with E-state index in [0.29, 0.717) is 23.3 Å². The molecule has 13 rings (SSSR count). The van der Waals surface area contributed by atoms with Gasteiger partial charge in [-0.25, -0.2) is 0 Å². The minimum atomic E-state index is -0.0281. The van der Waals surface area contributed by atoms with Crippen LogP contribution in [0.5, 0.6) is 11.5 Å². The molecule has 0 spiro atoms. The number of pyridine rings is 1. The second kappa shape index (κ2) is 17.9. The summed E-state index contributed by atoms with van der Waals surface area (Å²) in [5.74, 6) is 4.13. The van der Waals surface area contributed by atoms with Gasteiger partial charge in [-0.05, 0) is 41.4 Å². The molecular formula is C65H58N4OPt-2. The zero-order chi connectivity index (χ0) is 47.8. The molecule has 0 amide bonds. The van der Waals surface area contributed by atoms with Gasteiger partial charge in [-0.1, -0.05) is 46.1 Å². The van der Waals surface area contributed by atoms with Crippen LogP contribution < -0.4 is 4.74 Å². The van der Waals surface area contributed by atoms with E-state index in [2.05, 4.69) is 212 Å². The summed E-state index contributed by atoms with van der Waals surface area (Å²) in [5, 5.41) is 2.39. The predicted octanol–water partition coefficient (Wildman–Crippen LogP) is 16.9. The van der Waals surface area contributed by atoms with Crippen molar-refractivity contribution in [3.05, 3.63) is 196 Å². The minimum absolute atomic E-state index is 0.0281. The SMILES string of the molecule is CC(C)(C)c1ccnc(-n2c3[c-]c(Oc4[c-]c(-n5[c](=[Pt])n(-c6c(-c7ccccc7)cc7c(c6-c6ccccc6)CCC6CCCC76)c6ccccc65)ccc4)ccc3c3cc(C4CCCCC4)ccc32)c1. The van der Waals surface area contributed by atoms with Gasteiger partial charge in [0.1, 0.15) is 0 Å². The van der Waals surface area contributed by atoms with E-state index in [-0.39, 0.29) is 5.41 Å². The van der Waals surface area contributed by atoms with Crippen molar-refractivity contribution >= 4 is 32.8 Å². The van der Waals surface area contributed by atoms with Crippen LogP contribution in [0.15, 0.2) is 158 Å². The maximum absolute atomic E-state index is 6.86. The predicted molar refractivity (Wildman–Crippen MR) is 286 cm³/mol. The molecule has 2 unspecified atom stereocenters. The van der Waals surface area contributed by atoms with Gasteiger partial charge in [0.15, 0.2) is 0 Å². The van der Waals surface area contributed by atoms with Gasteiger partial charge in [0.05, 0.1) is 0 Å². The number of benzene rings is 7. The topological polar surface area (TPSA) is 36.9 Å². The molecule has 6 heteroatoms. The number of hydrogen-bond donors (Lipinski definition) is 0. The number of rotatable bonds is 8. The van der Waals surface area contributed by atoms with Crippen LogP contribution in [0.2, 0.25) is 0 Å². The van der Waals surface area contributed by atoms with E-state index in [1.165, 1.54) is 108 Å². The summed E-state index contributed by atoms with van der Waals surface area (Å²) in [4.78, 5) is 4.99. The van der Waals surface area contributed by atoms with Gasteiger partial charge >= 0.3 is 337 Å². The average Bonchev–Trinajstić information content (AvgIpc) is 4.11. The number of aromatic nitrogens is 4. The molecule has 5 nitrogen and oxygen atoms in total. The monoisotopic (exact) mass is 1110 g/mol. The van der Waals surface area contributed by atoms with Crippen LogP contribution in [0.25, 0.3) is 72.3 Å². The summed E-state index contributed by atoms with van der Waals surface area (Å²) in [6, 6.07) is 63.2. The third kappa shape index (κ3) is 7.78. The molecule has 0 saturated heterocycles. The zero-order valence-corrected chi connectivity index (χ0v) is 43.1. The van der Waals surface area contributed by atoms with Gasteiger partial charge in [0.25, 0.3) is 0 Å². The second-order valence-electron chi connectivity index (χ2n) is 21.4. The molecule has 0 radical (unpaired) electrons. The van der Waals surface area contributed by atoms with Crippen molar-refractivity contribution in [2.24, 2.45) is 5.92 Å². The van der Waals surface area contributed by atoms with Gasteiger partial charge in [0, 0.05) is 6.20 Å². The molecule has 7 aromatic carbocycles. The third-order valence-electron chi connectivity index (χ3n) is 16.1. The number of ether oxygens (including phenoxy) is 1. The molecular weight excluding hydrogens is 1050 g/mol. The zero-order valence-electron chi connectivity index (χ0n) is 40.8. The van der Waals surface area contributed by atoms with E-state index in [0.717, 1.165) is 55.1 Å². The van der Waals surface area contributed by atoms with Crippen molar-refractivity contribution in [1.82, 2.24) is 18.7 Å². The average molecular weight is 1110 g/mol. The Hall–Kier alpha value is -6.55. The molecule has 0 aliphatic heterocycles. The molecule has 2 saturated carbocycles. The molecule has 356 valence electrons. The molecule has 10 aromatic rings. The van der Waals surface area contributed by atoms with E-state index < -0.39 is 0 Å². The first-order valence-corrected chi connectivity index (χ1v) is 27.1. The second-order valence-corrected chi connectivity index (χ2v) is 22.4. The number of nitrogens with zero attached hydrogens (tertiary/aromatic N) is 4. The van der Waals surface area contributed by atoms with Crippen molar-refractivity contribution in [3.63, 3.8) is 0 Å². The Bertz CT molecular complexity index is 3720. The van der Waals surface area contributed by atoms with Crippen molar-refractivity contribution in [2.75, 3.05) is 0 Å². The summed E-state index contributed by atoms with van der Waals surface area (Å²) in [5.41, 5.74) is 17.3. The van der Waals surface area contributed by atoms with Crippen LogP contribution in [0.4, 0.5) is 0 Å². The molecule has 2 atom stereocenters. The van der Waals surface area contributed by atoms with Gasteiger partial charge < -0.3 is 0 Å². The summed E-state index contributed by atoms with van der Waals surface area (Å²) in [6.07, 6.45) is 14.7. The van der Waals surface area contributed by atoms with E-state index in [1.807, 2.05) is 12.3 Å². The molecule has 3 heterocycles. The Kier molecular flexibility index (Phi) is 11.2. The Morgan fingerprint density at radius 1 is 0.606 bits per heavy atom. The van der Waals surface area contributed by atoms with Crippen molar-refractivity contribution < 1.29 is 24.1 Å². The van der Waals surface area contributed by atoms with Crippen LogP contribution >= 0.6 is 0 Å². The van der Waals surface area contributed by atoms with Gasteiger partial charge in [-0.15, -0.1) is 0 Å². The van der Waals surface area contributed by atoms with Crippen LogP contribution in [0, 0.1) is 21.9 Å². The molecule has 71 heavy (non-hydrogen) atoms. The van der Waals surface area contributed by atoms with Crippen LogP contribution in [0.3, 0.4) is 0 Å². The fraction of sp³-hybridized carbons (Fsp3) is 0.262. The van der Waals surface area contributed by atoms with Crippen molar-refractivity contribution in [3.8, 4) is 50.9 Å². The first kappa shape index (κ1) is 44.4. The Morgan fingerprint density at radius 2 is 1.35 bits per heavy atom. The summed E-state index contributed by atoms with van der Waals surface area (Å²) >= 11 is 2.56. The Morgan fingerprint density at radius 3 is 2.14 bits per heavy atom. The summed E-state index contributed by atoms with van der Waals surface area (Å²) < 4.78 is 15.1. The van der Waals surface area contributed by atoms with E-state index >= 15 is 0 Å². The standard InChI is InChI=1S/C65H58N4O.Pt/c1-65(2,3)48-35-36-66-62(38-48)69-58-34-30-47(43-17-7-4-8-18-43)37-57(58)53-33-31-51(40-61(53)69)70-50-25-16-24-49(39-50)67-42-68(60-28-14-13-27-59(60)67)64-55(44-19-9-5-10-20-44)41-56-52-26-15-23-45(52)29-32-54(56)63(64)46-21-11-6-12-22-46;/h5-6,9-14,16,19-22,24-25,27-28,30-31,33-38,41,43,45,52H,4,7-8,15,17-18,23,26,29,32H2,1-3H3;/q-2;. The van der Waals surface area contributed by atoms with Crippen LogP contribution in [0.1, 0.15) is 113 Å². The normalized spacial score (nSPS) is 17.3. The number of para-hydroxylation sites is 2. The fourth-order valence-electron chi connectivity index (χ4n) is 12.7. The van der Waals surface area contributed by atoms with Gasteiger partial charge in [-0.2, -0.15) is 0 Å². The molecule has 3 aromatic heterocycles. The Labute approximate surface area is 428 Å². The quantitative estimate of drug-likeness (QED) is 0.142.